The lowest BCUT2D eigenvalue weighted by Crippen LogP contribution is -1.74. The summed E-state index contributed by atoms with van der Waals surface area (Å²) >= 11 is 4.74. The molecule has 0 spiro atoms. The van der Waals surface area contributed by atoms with Gasteiger partial charge in [0, 0.05) is 6.07 Å². The molecule has 8 heavy (non-hydrogen) atoms. The van der Waals surface area contributed by atoms with E-state index in [0.29, 0.717) is 5.88 Å². The first-order chi connectivity index (χ1) is 3.93. The van der Waals surface area contributed by atoms with E-state index < -0.39 is 0 Å². The summed E-state index contributed by atoms with van der Waals surface area (Å²) in [5.74, 6) is 0.616. The van der Waals surface area contributed by atoms with Crippen LogP contribution >= 0.6 is 22.7 Å². The van der Waals surface area contributed by atoms with Crippen molar-refractivity contribution in [1.82, 2.24) is 10.2 Å². The molecule has 0 bridgehead atoms. The molecule has 0 aliphatic carbocycles. The van der Waals surface area contributed by atoms with Gasteiger partial charge >= 0.3 is 0 Å². The number of hydrogen-bond acceptors (Lipinski definition) is 4. The maximum absolute atomic E-state index is 4.81. The Morgan fingerprint density at radius 3 is 3.25 bits per heavy atom. The average Bonchev–Trinajstić information content (AvgIpc) is 2.19. The number of nitrogens with one attached hydrogen (secondary N) is 1. The van der Waals surface area contributed by atoms with Gasteiger partial charge in [0.05, 0.1) is 6.20 Å². The monoisotopic (exact) mass is 148 g/mol. The standard InChI is InChI=1S/C3H4N2OS2/c7-8-6-3-1-2-4-5-3/h1-2,7H,(H,4,5). The quantitative estimate of drug-likeness (QED) is 0.377. The van der Waals surface area contributed by atoms with E-state index in [1.54, 1.807) is 12.3 Å². The van der Waals surface area contributed by atoms with Crippen LogP contribution in [0.25, 0.3) is 0 Å². The summed E-state index contributed by atoms with van der Waals surface area (Å²) in [7, 11) is 0. The van der Waals surface area contributed by atoms with Crippen molar-refractivity contribution in [3.05, 3.63) is 12.3 Å². The van der Waals surface area contributed by atoms with Crippen molar-refractivity contribution in [2.75, 3.05) is 0 Å². The third kappa shape index (κ3) is 1.34. The van der Waals surface area contributed by atoms with Crippen molar-refractivity contribution in [3.63, 3.8) is 0 Å². The molecule has 0 saturated heterocycles. The fraction of sp³-hybridized carbons (Fsp3) is 0. The van der Waals surface area contributed by atoms with Crippen molar-refractivity contribution >= 4 is 22.7 Å². The fourth-order valence-electron chi connectivity index (χ4n) is 0.330. The van der Waals surface area contributed by atoms with E-state index in [4.69, 9.17) is 4.18 Å². The Kier molecular flexibility index (Phi) is 2.11. The van der Waals surface area contributed by atoms with Crippen LogP contribution in [0.5, 0.6) is 5.88 Å². The lowest BCUT2D eigenvalue weighted by molar-refractivity contribution is 0.621. The van der Waals surface area contributed by atoms with Gasteiger partial charge in [-0.2, -0.15) is 5.10 Å². The maximum atomic E-state index is 4.81. The van der Waals surface area contributed by atoms with Gasteiger partial charge in [-0.25, -0.2) is 5.10 Å². The first-order valence-electron chi connectivity index (χ1n) is 1.91. The van der Waals surface area contributed by atoms with Crippen molar-refractivity contribution in [3.8, 4) is 5.88 Å². The van der Waals surface area contributed by atoms with Crippen LogP contribution in [-0.4, -0.2) is 10.2 Å². The van der Waals surface area contributed by atoms with Crippen molar-refractivity contribution in [2.45, 2.75) is 0 Å². The zero-order valence-electron chi connectivity index (χ0n) is 3.87. The Labute approximate surface area is 55.8 Å². The Bertz CT molecular complexity index is 141. The number of thiol groups is 1. The topological polar surface area (TPSA) is 37.9 Å². The molecule has 5 heteroatoms. The molecule has 3 nitrogen and oxygen atoms in total. The number of aromatic amines is 1. The molecule has 0 aromatic carbocycles. The normalized spacial score (nSPS) is 9.12. The Hall–Kier alpha value is -0.290. The molecule has 1 aromatic heterocycles. The molecular weight excluding hydrogens is 144 g/mol. The number of nitrogens with zero attached hydrogens (tertiary/aromatic N) is 1. The first kappa shape index (κ1) is 5.84. The number of aromatic nitrogens is 2. The predicted octanol–water partition coefficient (Wildman–Crippen LogP) is 1.28. The fourth-order valence-corrected chi connectivity index (χ4v) is 0.744. The largest absolute Gasteiger partial charge is 0.395 e. The SMILES string of the molecule is SSOc1ccn[nH]1. The summed E-state index contributed by atoms with van der Waals surface area (Å²) in [4.78, 5) is 0. The van der Waals surface area contributed by atoms with Gasteiger partial charge in [0.1, 0.15) is 11.1 Å². The summed E-state index contributed by atoms with van der Waals surface area (Å²) in [6.07, 6.45) is 1.61. The summed E-state index contributed by atoms with van der Waals surface area (Å²) in [6, 6.07) is 1.71. The second kappa shape index (κ2) is 2.88. The molecule has 0 aliphatic heterocycles. The first-order valence-corrected chi connectivity index (χ1v) is 3.70. The van der Waals surface area contributed by atoms with Gasteiger partial charge < -0.3 is 4.18 Å². The second-order valence-corrected chi connectivity index (χ2v) is 1.84. The van der Waals surface area contributed by atoms with Crippen LogP contribution in [0.1, 0.15) is 0 Å². The van der Waals surface area contributed by atoms with Gasteiger partial charge in [-0.3, -0.25) is 0 Å². The van der Waals surface area contributed by atoms with E-state index in [1.165, 1.54) is 0 Å². The Balaban J connectivity index is 2.50. The van der Waals surface area contributed by atoms with Crippen molar-refractivity contribution in [2.24, 2.45) is 0 Å². The predicted molar refractivity (Wildman–Crippen MR) is 35.8 cm³/mol. The molecule has 0 unspecified atom stereocenters. The highest BCUT2D eigenvalue weighted by molar-refractivity contribution is 8.66. The second-order valence-electron chi connectivity index (χ2n) is 1.08. The van der Waals surface area contributed by atoms with Crippen molar-refractivity contribution in [1.29, 1.82) is 0 Å². The lowest BCUT2D eigenvalue weighted by atomic mass is 10.7. The maximum Gasteiger partial charge on any atom is 0.225 e. The summed E-state index contributed by atoms with van der Waals surface area (Å²) in [5, 5.41) is 6.24. The molecule has 0 radical (unpaired) electrons. The number of rotatable bonds is 2. The van der Waals surface area contributed by atoms with E-state index >= 15 is 0 Å². The van der Waals surface area contributed by atoms with E-state index in [9.17, 15) is 0 Å². The zero-order valence-corrected chi connectivity index (χ0v) is 5.58. The highest BCUT2D eigenvalue weighted by Crippen LogP contribution is 2.12. The molecule has 0 saturated carbocycles. The van der Waals surface area contributed by atoms with E-state index in [2.05, 4.69) is 21.9 Å². The summed E-state index contributed by atoms with van der Waals surface area (Å²) in [5.41, 5.74) is 0. The minimum Gasteiger partial charge on any atom is -0.395 e. The van der Waals surface area contributed by atoms with Crippen LogP contribution in [0.2, 0.25) is 0 Å². The molecule has 0 atom stereocenters. The molecule has 0 fully saturated rings. The van der Waals surface area contributed by atoms with Crippen LogP contribution < -0.4 is 4.18 Å². The van der Waals surface area contributed by atoms with Gasteiger partial charge in [-0.05, 0) is 0 Å². The van der Waals surface area contributed by atoms with E-state index in [0.717, 1.165) is 11.1 Å². The molecule has 44 valence electrons. The number of H-pyrrole nitrogens is 1. The van der Waals surface area contributed by atoms with Crippen LogP contribution in [-0.2, 0) is 0 Å². The van der Waals surface area contributed by atoms with Crippen LogP contribution in [0.3, 0.4) is 0 Å². The summed E-state index contributed by atoms with van der Waals surface area (Å²) < 4.78 is 4.81. The third-order valence-electron chi connectivity index (χ3n) is 0.602. The highest BCUT2D eigenvalue weighted by atomic mass is 33.1. The molecule has 1 heterocycles. The van der Waals surface area contributed by atoms with Gasteiger partial charge in [-0.1, -0.05) is 11.7 Å². The third-order valence-corrected chi connectivity index (χ3v) is 1.08. The average molecular weight is 148 g/mol. The van der Waals surface area contributed by atoms with Crippen LogP contribution in [0.4, 0.5) is 0 Å². The number of hydrogen-bond donors (Lipinski definition) is 2. The smallest absolute Gasteiger partial charge is 0.225 e. The molecule has 0 aliphatic rings. The van der Waals surface area contributed by atoms with Crippen molar-refractivity contribution < 1.29 is 4.18 Å². The van der Waals surface area contributed by atoms with Gasteiger partial charge in [0.25, 0.3) is 0 Å². The molecule has 1 aromatic rings. The zero-order chi connectivity index (χ0) is 5.82. The Morgan fingerprint density at radius 2 is 2.75 bits per heavy atom. The highest BCUT2D eigenvalue weighted by Gasteiger charge is 1.88. The van der Waals surface area contributed by atoms with Crippen LogP contribution in [0, 0.1) is 0 Å². The molecule has 1 N–H and O–H groups in total. The lowest BCUT2D eigenvalue weighted by Gasteiger charge is -1.89. The molecule has 1 rings (SSSR count). The minimum absolute atomic E-state index is 0.616. The van der Waals surface area contributed by atoms with Gasteiger partial charge in [0.2, 0.25) is 5.88 Å². The Morgan fingerprint density at radius 1 is 1.88 bits per heavy atom. The summed E-state index contributed by atoms with van der Waals surface area (Å²) in [6.45, 7) is 0. The van der Waals surface area contributed by atoms with E-state index in [-0.39, 0.29) is 0 Å². The molecule has 0 amide bonds. The van der Waals surface area contributed by atoms with Gasteiger partial charge in [0.15, 0.2) is 0 Å². The van der Waals surface area contributed by atoms with E-state index in [1.807, 2.05) is 0 Å². The minimum atomic E-state index is 0.616. The van der Waals surface area contributed by atoms with Crippen LogP contribution in [0.15, 0.2) is 12.3 Å². The van der Waals surface area contributed by atoms with Gasteiger partial charge in [-0.15, -0.1) is 0 Å². The molecular formula is C3H4N2OS2.